The van der Waals surface area contributed by atoms with Gasteiger partial charge < -0.3 is 9.47 Å². The van der Waals surface area contributed by atoms with E-state index in [0.29, 0.717) is 17.9 Å². The Morgan fingerprint density at radius 1 is 1.19 bits per heavy atom. The van der Waals surface area contributed by atoms with Gasteiger partial charge in [0.1, 0.15) is 18.5 Å². The Hall–Kier alpha value is -2.03. The summed E-state index contributed by atoms with van der Waals surface area (Å²) in [5, 5.41) is 0. The van der Waals surface area contributed by atoms with Crippen molar-refractivity contribution in [1.29, 1.82) is 0 Å². The zero-order valence-corrected chi connectivity index (χ0v) is 13.0. The van der Waals surface area contributed by atoms with Gasteiger partial charge >= 0.3 is 5.97 Å². The average molecular weight is 288 g/mol. The molecule has 0 N–H and O–H groups in total. The zero-order chi connectivity index (χ0) is 15.5. The molecule has 0 aliphatic carbocycles. The maximum atomic E-state index is 11.9. The number of esters is 1. The maximum absolute atomic E-state index is 11.9. The highest BCUT2D eigenvalue weighted by Gasteiger charge is 2.08. The smallest absolute Gasteiger partial charge is 0.338 e. The van der Waals surface area contributed by atoms with Gasteiger partial charge in [0.2, 0.25) is 0 Å². The zero-order valence-electron chi connectivity index (χ0n) is 13.0. The number of carbonyl (C=O) groups excluding carboxylic acids is 1. The van der Waals surface area contributed by atoms with E-state index in [1.807, 2.05) is 38.1 Å². The molecule has 1 aromatic rings. The highest BCUT2D eigenvalue weighted by molar-refractivity contribution is 5.89. The van der Waals surface area contributed by atoms with Gasteiger partial charge in [-0.15, -0.1) is 0 Å². The molecule has 1 aromatic carbocycles. The summed E-state index contributed by atoms with van der Waals surface area (Å²) in [6, 6.07) is 7.07. The summed E-state index contributed by atoms with van der Waals surface area (Å²) in [6.45, 7) is 6.38. The average Bonchev–Trinajstić information content (AvgIpc) is 2.49. The van der Waals surface area contributed by atoms with E-state index in [-0.39, 0.29) is 12.1 Å². The van der Waals surface area contributed by atoms with Crippen molar-refractivity contribution in [3.05, 3.63) is 54.1 Å². The van der Waals surface area contributed by atoms with Crippen LogP contribution in [0.3, 0.4) is 0 Å². The Balaban J connectivity index is 2.60. The summed E-state index contributed by atoms with van der Waals surface area (Å²) in [5.74, 6) is 0.333. The third-order valence-electron chi connectivity index (χ3n) is 2.75. The van der Waals surface area contributed by atoms with Crippen LogP contribution in [0.25, 0.3) is 0 Å². The molecule has 0 heterocycles. The van der Waals surface area contributed by atoms with Crippen LogP contribution in [0.4, 0.5) is 0 Å². The number of hydrogen-bond acceptors (Lipinski definition) is 3. The van der Waals surface area contributed by atoms with Gasteiger partial charge in [0.05, 0.1) is 5.56 Å². The van der Waals surface area contributed by atoms with Gasteiger partial charge in [-0.05, 0) is 44.0 Å². The van der Waals surface area contributed by atoms with E-state index in [9.17, 15) is 4.79 Å². The van der Waals surface area contributed by atoms with E-state index in [1.165, 1.54) is 0 Å². The molecule has 1 unspecified atom stereocenters. The number of rotatable bonds is 8. The predicted molar refractivity (Wildman–Crippen MR) is 85.7 cm³/mol. The van der Waals surface area contributed by atoms with Gasteiger partial charge in [-0.25, -0.2) is 4.79 Å². The highest BCUT2D eigenvalue weighted by atomic mass is 16.5. The standard InChI is InChI=1S/C18H24O3/c1-4-6-8-13-20-18(19)16-11-9-12-17(14-16)21-15(3)10-7-5-2/h6-12,14-15H,4-5,13H2,1-3H3/b8-6-,10-7-. The summed E-state index contributed by atoms with van der Waals surface area (Å²) in [4.78, 5) is 11.9. The molecule has 0 fully saturated rings. The molecule has 1 atom stereocenters. The fourth-order valence-electron chi connectivity index (χ4n) is 1.72. The van der Waals surface area contributed by atoms with Crippen molar-refractivity contribution in [3.63, 3.8) is 0 Å². The van der Waals surface area contributed by atoms with Crippen LogP contribution in [0.1, 0.15) is 44.0 Å². The van der Waals surface area contributed by atoms with Crippen LogP contribution < -0.4 is 4.74 Å². The van der Waals surface area contributed by atoms with Crippen LogP contribution in [-0.4, -0.2) is 18.7 Å². The van der Waals surface area contributed by atoms with E-state index < -0.39 is 0 Å². The van der Waals surface area contributed by atoms with Crippen molar-refractivity contribution in [2.75, 3.05) is 6.61 Å². The van der Waals surface area contributed by atoms with Crippen molar-refractivity contribution in [2.24, 2.45) is 0 Å². The second-order valence-electron chi connectivity index (χ2n) is 4.67. The summed E-state index contributed by atoms with van der Waals surface area (Å²) < 4.78 is 10.9. The summed E-state index contributed by atoms with van der Waals surface area (Å²) in [6.07, 6.45) is 9.76. The Morgan fingerprint density at radius 3 is 2.67 bits per heavy atom. The van der Waals surface area contributed by atoms with Crippen LogP contribution in [0.15, 0.2) is 48.6 Å². The predicted octanol–water partition coefficient (Wildman–Crippen LogP) is 4.54. The minimum absolute atomic E-state index is 0.0243. The maximum Gasteiger partial charge on any atom is 0.338 e. The molecule has 0 spiro atoms. The van der Waals surface area contributed by atoms with Gasteiger partial charge in [-0.2, -0.15) is 0 Å². The summed E-state index contributed by atoms with van der Waals surface area (Å²) in [5.41, 5.74) is 0.504. The second kappa shape index (κ2) is 9.81. The van der Waals surface area contributed by atoms with Gasteiger partial charge in [0.15, 0.2) is 0 Å². The molecule has 0 aliphatic heterocycles. The lowest BCUT2D eigenvalue weighted by Gasteiger charge is -2.11. The Bertz CT molecular complexity index is 489. The first-order chi connectivity index (χ1) is 10.2. The number of carbonyl (C=O) groups is 1. The van der Waals surface area contributed by atoms with E-state index >= 15 is 0 Å². The molecule has 0 radical (unpaired) electrons. The Morgan fingerprint density at radius 2 is 1.95 bits per heavy atom. The lowest BCUT2D eigenvalue weighted by Crippen LogP contribution is -2.09. The molecular formula is C18H24O3. The Labute approximate surface area is 127 Å². The quantitative estimate of drug-likeness (QED) is 0.520. The van der Waals surface area contributed by atoms with E-state index in [2.05, 4.69) is 13.0 Å². The van der Waals surface area contributed by atoms with Crippen LogP contribution in [0, 0.1) is 0 Å². The van der Waals surface area contributed by atoms with E-state index in [0.717, 1.165) is 12.8 Å². The van der Waals surface area contributed by atoms with E-state index in [1.54, 1.807) is 18.2 Å². The third-order valence-corrected chi connectivity index (χ3v) is 2.75. The summed E-state index contributed by atoms with van der Waals surface area (Å²) in [7, 11) is 0. The Kier molecular flexibility index (Phi) is 7.95. The van der Waals surface area contributed by atoms with Crippen LogP contribution in [0.5, 0.6) is 5.75 Å². The van der Waals surface area contributed by atoms with Gasteiger partial charge in [0, 0.05) is 0 Å². The molecular weight excluding hydrogens is 264 g/mol. The van der Waals surface area contributed by atoms with Crippen LogP contribution in [0.2, 0.25) is 0 Å². The van der Waals surface area contributed by atoms with Gasteiger partial charge in [-0.3, -0.25) is 0 Å². The molecule has 0 saturated heterocycles. The van der Waals surface area contributed by atoms with E-state index in [4.69, 9.17) is 9.47 Å². The lowest BCUT2D eigenvalue weighted by atomic mass is 10.2. The fraction of sp³-hybridized carbons (Fsp3) is 0.389. The number of allylic oxidation sites excluding steroid dienone is 2. The minimum Gasteiger partial charge on any atom is -0.487 e. The second-order valence-corrected chi connectivity index (χ2v) is 4.67. The normalized spacial score (nSPS) is 12.7. The molecule has 3 nitrogen and oxygen atoms in total. The highest BCUT2D eigenvalue weighted by Crippen LogP contribution is 2.16. The molecule has 114 valence electrons. The molecule has 0 amide bonds. The lowest BCUT2D eigenvalue weighted by molar-refractivity contribution is 0.0548. The molecule has 0 bridgehead atoms. The van der Waals surface area contributed by atoms with Crippen molar-refractivity contribution in [2.45, 2.75) is 39.7 Å². The fourth-order valence-corrected chi connectivity index (χ4v) is 1.72. The molecule has 0 saturated carbocycles. The number of ether oxygens (including phenoxy) is 2. The molecule has 3 heteroatoms. The third kappa shape index (κ3) is 6.80. The summed E-state index contributed by atoms with van der Waals surface area (Å²) >= 11 is 0. The van der Waals surface area contributed by atoms with Crippen LogP contribution >= 0.6 is 0 Å². The topological polar surface area (TPSA) is 35.5 Å². The van der Waals surface area contributed by atoms with Crippen LogP contribution in [-0.2, 0) is 4.74 Å². The SMILES string of the molecule is CC/C=C\COC(=O)c1cccc(OC(C)/C=C\CC)c1. The number of benzene rings is 1. The monoisotopic (exact) mass is 288 g/mol. The molecule has 0 aromatic heterocycles. The molecule has 21 heavy (non-hydrogen) atoms. The first-order valence-electron chi connectivity index (χ1n) is 7.42. The van der Waals surface area contributed by atoms with Crippen molar-refractivity contribution >= 4 is 5.97 Å². The number of hydrogen-bond donors (Lipinski definition) is 0. The largest absolute Gasteiger partial charge is 0.487 e. The van der Waals surface area contributed by atoms with Gasteiger partial charge in [-0.1, -0.05) is 38.1 Å². The molecule has 1 rings (SSSR count). The van der Waals surface area contributed by atoms with Crippen molar-refractivity contribution < 1.29 is 14.3 Å². The van der Waals surface area contributed by atoms with Gasteiger partial charge in [0.25, 0.3) is 0 Å². The minimum atomic E-state index is -0.335. The first kappa shape index (κ1) is 17.0. The molecule has 0 aliphatic rings. The first-order valence-corrected chi connectivity index (χ1v) is 7.42. The van der Waals surface area contributed by atoms with Crippen molar-refractivity contribution in [3.8, 4) is 5.75 Å². The van der Waals surface area contributed by atoms with Crippen molar-refractivity contribution in [1.82, 2.24) is 0 Å².